The van der Waals surface area contributed by atoms with Crippen LogP contribution in [0.1, 0.15) is 5.56 Å². The lowest BCUT2D eigenvalue weighted by Crippen LogP contribution is -2.19. The first kappa shape index (κ1) is 14.6. The summed E-state index contributed by atoms with van der Waals surface area (Å²) in [6.07, 6.45) is -4.75. The van der Waals surface area contributed by atoms with Gasteiger partial charge in [0, 0.05) is 0 Å². The number of benzene rings is 1. The molecule has 1 aromatic rings. The molecule has 0 saturated carbocycles. The summed E-state index contributed by atoms with van der Waals surface area (Å²) in [5.74, 6) is -0.963. The third-order valence-electron chi connectivity index (χ3n) is 1.83. The van der Waals surface area contributed by atoms with E-state index in [-0.39, 0.29) is 0 Å². The zero-order valence-electron chi connectivity index (χ0n) is 8.62. The van der Waals surface area contributed by atoms with Gasteiger partial charge < -0.3 is 0 Å². The number of nitrogens with zero attached hydrogens (tertiary/aromatic N) is 1. The van der Waals surface area contributed by atoms with E-state index in [0.29, 0.717) is 6.07 Å². The van der Waals surface area contributed by atoms with Crippen molar-refractivity contribution in [3.05, 3.63) is 28.8 Å². The largest absolute Gasteiger partial charge is 0.418 e. The van der Waals surface area contributed by atoms with Gasteiger partial charge in [0.05, 0.1) is 22.3 Å². The van der Waals surface area contributed by atoms with Crippen LogP contribution in [0.3, 0.4) is 0 Å². The van der Waals surface area contributed by atoms with Gasteiger partial charge in [0.15, 0.2) is 5.75 Å². The molecule has 0 aliphatic rings. The molecule has 0 radical (unpaired) electrons. The number of alkyl halides is 3. The molecule has 0 heterocycles. The van der Waals surface area contributed by atoms with Crippen LogP contribution in [0.4, 0.5) is 18.9 Å². The molecular formula is C9H6ClF3N2O2S. The Labute approximate surface area is 106 Å². The molecule has 0 aliphatic carbocycles. The molecule has 0 spiro atoms. The van der Waals surface area contributed by atoms with E-state index in [1.54, 1.807) is 4.72 Å². The number of nitrogens with one attached hydrogen (secondary N) is 1. The summed E-state index contributed by atoms with van der Waals surface area (Å²) in [6, 6.07) is 4.18. The fraction of sp³-hybridized carbons (Fsp3) is 0.222. The Balaban J connectivity index is 3.29. The minimum Gasteiger partial charge on any atom is -0.281 e. The maximum atomic E-state index is 12.6. The number of para-hydroxylation sites is 1. The molecule has 0 bridgehead atoms. The normalized spacial score (nSPS) is 11.9. The summed E-state index contributed by atoms with van der Waals surface area (Å²) >= 11 is 5.53. The predicted molar refractivity (Wildman–Crippen MR) is 59.5 cm³/mol. The van der Waals surface area contributed by atoms with E-state index in [9.17, 15) is 21.6 Å². The van der Waals surface area contributed by atoms with E-state index in [0.717, 1.165) is 12.1 Å². The van der Waals surface area contributed by atoms with Crippen LogP contribution in [0.25, 0.3) is 0 Å². The highest BCUT2D eigenvalue weighted by molar-refractivity contribution is 7.92. The first-order valence-corrected chi connectivity index (χ1v) is 6.43. The lowest BCUT2D eigenvalue weighted by Gasteiger charge is -2.15. The minimum atomic E-state index is -4.75. The van der Waals surface area contributed by atoms with Crippen molar-refractivity contribution in [3.8, 4) is 6.07 Å². The lowest BCUT2D eigenvalue weighted by atomic mass is 10.2. The highest BCUT2D eigenvalue weighted by Crippen LogP contribution is 2.38. The second-order valence-electron chi connectivity index (χ2n) is 3.18. The molecule has 0 unspecified atom stereocenters. The Kier molecular flexibility index (Phi) is 4.09. The third-order valence-corrected chi connectivity index (χ3v) is 3.17. The number of halogens is 4. The molecule has 0 atom stereocenters. The second kappa shape index (κ2) is 5.04. The van der Waals surface area contributed by atoms with Crippen molar-refractivity contribution in [1.29, 1.82) is 5.26 Å². The van der Waals surface area contributed by atoms with Gasteiger partial charge in [-0.15, -0.1) is 0 Å². The van der Waals surface area contributed by atoms with Crippen LogP contribution in [0, 0.1) is 11.3 Å². The zero-order chi connectivity index (χ0) is 14.0. The topological polar surface area (TPSA) is 70.0 Å². The van der Waals surface area contributed by atoms with E-state index in [1.165, 1.54) is 6.07 Å². The van der Waals surface area contributed by atoms with Crippen molar-refractivity contribution in [3.63, 3.8) is 0 Å². The van der Waals surface area contributed by atoms with Gasteiger partial charge in [0.1, 0.15) is 0 Å². The van der Waals surface area contributed by atoms with Crippen LogP contribution in [0.2, 0.25) is 5.02 Å². The standard InChI is InChI=1S/C9H6ClF3N2O2S/c10-7-3-1-2-6(9(11,12)13)8(7)15-18(16,17)5-4-14/h1-3,15H,5H2. The Morgan fingerprint density at radius 3 is 2.50 bits per heavy atom. The second-order valence-corrected chi connectivity index (χ2v) is 5.31. The minimum absolute atomic E-state index is 0.397. The van der Waals surface area contributed by atoms with E-state index in [4.69, 9.17) is 16.9 Å². The zero-order valence-corrected chi connectivity index (χ0v) is 10.2. The van der Waals surface area contributed by atoms with Crippen molar-refractivity contribution in [2.24, 2.45) is 0 Å². The molecule has 9 heteroatoms. The highest BCUT2D eigenvalue weighted by atomic mass is 35.5. The van der Waals surface area contributed by atoms with Crippen LogP contribution >= 0.6 is 11.6 Å². The predicted octanol–water partition coefficient (Wildman–Crippen LogP) is 2.62. The van der Waals surface area contributed by atoms with Gasteiger partial charge in [-0.25, -0.2) is 8.42 Å². The monoisotopic (exact) mass is 298 g/mol. The van der Waals surface area contributed by atoms with Gasteiger partial charge in [-0.2, -0.15) is 18.4 Å². The van der Waals surface area contributed by atoms with Crippen molar-refractivity contribution >= 4 is 27.3 Å². The average Bonchev–Trinajstić information content (AvgIpc) is 2.18. The van der Waals surface area contributed by atoms with Crippen LogP contribution in [0.5, 0.6) is 0 Å². The third kappa shape index (κ3) is 3.51. The number of nitriles is 1. The first-order chi connectivity index (χ1) is 8.17. The summed E-state index contributed by atoms with van der Waals surface area (Å²) in [6.45, 7) is 0. The molecular weight excluding hydrogens is 293 g/mol. The molecule has 18 heavy (non-hydrogen) atoms. The van der Waals surface area contributed by atoms with Gasteiger partial charge >= 0.3 is 6.18 Å². The van der Waals surface area contributed by atoms with Crippen LogP contribution in [0.15, 0.2) is 18.2 Å². The lowest BCUT2D eigenvalue weighted by molar-refractivity contribution is -0.136. The van der Waals surface area contributed by atoms with Crippen LogP contribution in [-0.4, -0.2) is 14.2 Å². The number of anilines is 1. The average molecular weight is 299 g/mol. The Morgan fingerprint density at radius 2 is 2.00 bits per heavy atom. The summed E-state index contributed by atoms with van der Waals surface area (Å²) in [5, 5.41) is 7.86. The highest BCUT2D eigenvalue weighted by Gasteiger charge is 2.35. The molecule has 0 amide bonds. The molecule has 98 valence electrons. The maximum Gasteiger partial charge on any atom is 0.418 e. The van der Waals surface area contributed by atoms with Crippen molar-refractivity contribution in [2.45, 2.75) is 6.18 Å². The van der Waals surface area contributed by atoms with E-state index in [2.05, 4.69) is 0 Å². The Bertz CT molecular complexity index is 593. The van der Waals surface area contributed by atoms with E-state index in [1.807, 2.05) is 0 Å². The van der Waals surface area contributed by atoms with Gasteiger partial charge in [0.2, 0.25) is 10.0 Å². The Morgan fingerprint density at radius 1 is 1.39 bits per heavy atom. The van der Waals surface area contributed by atoms with E-state index < -0.39 is 38.2 Å². The molecule has 1 N–H and O–H groups in total. The number of hydrogen-bond acceptors (Lipinski definition) is 3. The maximum absolute atomic E-state index is 12.6. The molecule has 0 aliphatic heterocycles. The van der Waals surface area contributed by atoms with Gasteiger partial charge in [-0.1, -0.05) is 17.7 Å². The molecule has 0 saturated heterocycles. The fourth-order valence-electron chi connectivity index (χ4n) is 1.14. The van der Waals surface area contributed by atoms with Crippen molar-refractivity contribution < 1.29 is 21.6 Å². The molecule has 0 fully saturated rings. The quantitative estimate of drug-likeness (QED) is 0.932. The van der Waals surface area contributed by atoms with Crippen LogP contribution in [-0.2, 0) is 16.2 Å². The molecule has 0 aromatic heterocycles. The van der Waals surface area contributed by atoms with Crippen LogP contribution < -0.4 is 4.72 Å². The SMILES string of the molecule is N#CCS(=O)(=O)Nc1c(Cl)cccc1C(F)(F)F. The first-order valence-electron chi connectivity index (χ1n) is 4.40. The summed E-state index contributed by atoms with van der Waals surface area (Å²) in [5.41, 5.74) is -1.99. The van der Waals surface area contributed by atoms with Crippen molar-refractivity contribution in [2.75, 3.05) is 10.5 Å². The molecule has 1 rings (SSSR count). The fourth-order valence-corrected chi connectivity index (χ4v) is 2.19. The smallest absolute Gasteiger partial charge is 0.281 e. The summed E-state index contributed by atoms with van der Waals surface area (Å²) in [7, 11) is -4.19. The number of rotatable bonds is 3. The number of hydrogen-bond donors (Lipinski definition) is 1. The molecule has 1 aromatic carbocycles. The summed E-state index contributed by atoms with van der Waals surface area (Å²) < 4.78 is 62.1. The summed E-state index contributed by atoms with van der Waals surface area (Å²) in [4.78, 5) is 0. The van der Waals surface area contributed by atoms with Gasteiger partial charge in [0.25, 0.3) is 0 Å². The van der Waals surface area contributed by atoms with Gasteiger partial charge in [-0.05, 0) is 12.1 Å². The Hall–Kier alpha value is -1.46. The molecule has 4 nitrogen and oxygen atoms in total. The van der Waals surface area contributed by atoms with Gasteiger partial charge in [-0.3, -0.25) is 4.72 Å². The number of sulfonamides is 1. The van der Waals surface area contributed by atoms with Crippen molar-refractivity contribution in [1.82, 2.24) is 0 Å². The van der Waals surface area contributed by atoms with E-state index >= 15 is 0 Å².